The number of amides is 1. The largest absolute Gasteiger partial charge is 0.497 e. The number of hydrogen-bond donors (Lipinski definition) is 1. The lowest BCUT2D eigenvalue weighted by atomic mass is 10.3. The molecule has 0 atom stereocenters. The summed E-state index contributed by atoms with van der Waals surface area (Å²) >= 11 is 0. The first-order valence-corrected chi connectivity index (χ1v) is 7.19. The normalized spacial score (nSPS) is 10.6. The van der Waals surface area contributed by atoms with Crippen LogP contribution < -0.4 is 15.8 Å². The molecule has 0 saturated carbocycles. The van der Waals surface area contributed by atoms with E-state index in [1.165, 1.54) is 19.2 Å². The van der Waals surface area contributed by atoms with E-state index in [0.29, 0.717) is 17.0 Å². The van der Waals surface area contributed by atoms with E-state index in [1.807, 2.05) is 0 Å². The summed E-state index contributed by atoms with van der Waals surface area (Å²) in [4.78, 5) is 34.3. The number of anilines is 1. The smallest absolute Gasteiger partial charge is 0.420 e. The van der Waals surface area contributed by atoms with Gasteiger partial charge in [0.1, 0.15) is 12.3 Å². The van der Waals surface area contributed by atoms with Gasteiger partial charge in [0.2, 0.25) is 5.91 Å². The van der Waals surface area contributed by atoms with Crippen molar-refractivity contribution in [1.82, 2.24) is 4.57 Å². The average molecular weight is 343 g/mol. The van der Waals surface area contributed by atoms with Gasteiger partial charge in [0.15, 0.2) is 5.58 Å². The van der Waals surface area contributed by atoms with E-state index in [-0.39, 0.29) is 17.8 Å². The van der Waals surface area contributed by atoms with Crippen LogP contribution >= 0.6 is 0 Å². The van der Waals surface area contributed by atoms with Crippen molar-refractivity contribution in [3.8, 4) is 5.75 Å². The molecule has 0 aliphatic carbocycles. The van der Waals surface area contributed by atoms with Crippen molar-refractivity contribution >= 4 is 28.4 Å². The summed E-state index contributed by atoms with van der Waals surface area (Å²) in [6, 6.07) is 10.5. The SMILES string of the molecule is COc1ccc(NC(=O)Cn2c(=O)oc3cc([N+](=O)[O-])ccc32)cc1. The number of hydrogen-bond acceptors (Lipinski definition) is 6. The molecule has 0 aliphatic heterocycles. The molecule has 25 heavy (non-hydrogen) atoms. The van der Waals surface area contributed by atoms with E-state index < -0.39 is 16.6 Å². The summed E-state index contributed by atoms with van der Waals surface area (Å²) in [5.41, 5.74) is 0.704. The molecule has 2 aromatic carbocycles. The molecule has 3 rings (SSSR count). The molecule has 0 aliphatic rings. The molecule has 0 unspecified atom stereocenters. The second-order valence-electron chi connectivity index (χ2n) is 5.14. The second-order valence-corrected chi connectivity index (χ2v) is 5.14. The lowest BCUT2D eigenvalue weighted by Gasteiger charge is -2.06. The van der Waals surface area contributed by atoms with Crippen LogP contribution in [0.5, 0.6) is 5.75 Å². The first-order chi connectivity index (χ1) is 12.0. The summed E-state index contributed by atoms with van der Waals surface area (Å²) in [5, 5.41) is 13.4. The molecule has 0 radical (unpaired) electrons. The Kier molecular flexibility index (Phi) is 4.21. The van der Waals surface area contributed by atoms with E-state index in [1.54, 1.807) is 24.3 Å². The average Bonchev–Trinajstić information content (AvgIpc) is 2.90. The van der Waals surface area contributed by atoms with Crippen LogP contribution in [0.1, 0.15) is 0 Å². The maximum atomic E-state index is 12.2. The number of aromatic nitrogens is 1. The van der Waals surface area contributed by atoms with Gasteiger partial charge in [0.05, 0.1) is 23.6 Å². The minimum absolute atomic E-state index is 0.0523. The summed E-state index contributed by atoms with van der Waals surface area (Å²) in [6.45, 7) is -0.282. The van der Waals surface area contributed by atoms with E-state index in [0.717, 1.165) is 10.6 Å². The van der Waals surface area contributed by atoms with Crippen molar-refractivity contribution in [3.63, 3.8) is 0 Å². The van der Waals surface area contributed by atoms with Crippen LogP contribution in [0.4, 0.5) is 11.4 Å². The molecule has 9 nitrogen and oxygen atoms in total. The summed E-state index contributed by atoms with van der Waals surface area (Å²) in [6.07, 6.45) is 0. The number of ether oxygens (including phenoxy) is 1. The van der Waals surface area contributed by atoms with Gasteiger partial charge in [-0.05, 0) is 30.3 Å². The van der Waals surface area contributed by atoms with E-state index in [2.05, 4.69) is 5.32 Å². The topological polar surface area (TPSA) is 117 Å². The van der Waals surface area contributed by atoms with Gasteiger partial charge >= 0.3 is 5.76 Å². The predicted molar refractivity (Wildman–Crippen MR) is 88.8 cm³/mol. The highest BCUT2D eigenvalue weighted by atomic mass is 16.6. The Bertz CT molecular complexity index is 1000. The molecule has 3 aromatic rings. The number of benzene rings is 2. The van der Waals surface area contributed by atoms with Crippen molar-refractivity contribution in [2.24, 2.45) is 0 Å². The minimum Gasteiger partial charge on any atom is -0.497 e. The van der Waals surface area contributed by atoms with E-state index >= 15 is 0 Å². The lowest BCUT2D eigenvalue weighted by molar-refractivity contribution is -0.384. The standard InChI is InChI=1S/C16H13N3O6/c1-24-12-5-2-10(3-6-12)17-15(20)9-18-13-7-4-11(19(22)23)8-14(13)25-16(18)21/h2-8H,9H2,1H3,(H,17,20). The van der Waals surface area contributed by atoms with Gasteiger partial charge in [-0.15, -0.1) is 0 Å². The fourth-order valence-corrected chi connectivity index (χ4v) is 2.34. The zero-order chi connectivity index (χ0) is 18.0. The number of oxazole rings is 1. The van der Waals surface area contributed by atoms with E-state index in [9.17, 15) is 19.7 Å². The zero-order valence-electron chi connectivity index (χ0n) is 13.1. The van der Waals surface area contributed by atoms with E-state index in [4.69, 9.17) is 9.15 Å². The molecule has 1 N–H and O–H groups in total. The van der Waals surface area contributed by atoms with Crippen molar-refractivity contribution in [3.05, 3.63) is 63.1 Å². The highest BCUT2D eigenvalue weighted by Crippen LogP contribution is 2.20. The maximum Gasteiger partial charge on any atom is 0.420 e. The molecule has 0 spiro atoms. The first kappa shape index (κ1) is 16.2. The van der Waals surface area contributed by atoms with Gasteiger partial charge in [0, 0.05) is 11.8 Å². The maximum absolute atomic E-state index is 12.2. The molecule has 0 saturated heterocycles. The number of nitro groups is 1. The summed E-state index contributed by atoms with van der Waals surface area (Å²) < 4.78 is 11.1. The Morgan fingerprint density at radius 3 is 2.64 bits per heavy atom. The predicted octanol–water partition coefficient (Wildman–Crippen LogP) is 2.15. The zero-order valence-corrected chi connectivity index (χ0v) is 13.1. The number of carbonyl (C=O) groups excluding carboxylic acids is 1. The molecule has 1 aromatic heterocycles. The Balaban J connectivity index is 1.81. The third-order valence-corrected chi connectivity index (χ3v) is 3.54. The number of non-ortho nitro benzene ring substituents is 1. The van der Waals surface area contributed by atoms with Gasteiger partial charge < -0.3 is 14.5 Å². The Morgan fingerprint density at radius 2 is 2.00 bits per heavy atom. The monoisotopic (exact) mass is 343 g/mol. The third-order valence-electron chi connectivity index (χ3n) is 3.54. The molecule has 1 amide bonds. The number of methoxy groups -OCH3 is 1. The van der Waals surface area contributed by atoms with Gasteiger partial charge in [0.25, 0.3) is 5.69 Å². The fourth-order valence-electron chi connectivity index (χ4n) is 2.34. The van der Waals surface area contributed by atoms with Crippen LogP contribution in [0.25, 0.3) is 11.1 Å². The van der Waals surface area contributed by atoms with Gasteiger partial charge in [-0.3, -0.25) is 19.5 Å². The highest BCUT2D eigenvalue weighted by Gasteiger charge is 2.16. The molecule has 0 bridgehead atoms. The second kappa shape index (κ2) is 6.48. The summed E-state index contributed by atoms with van der Waals surface area (Å²) in [5.74, 6) is -0.551. The van der Waals surface area contributed by atoms with Gasteiger partial charge in [-0.25, -0.2) is 4.79 Å². The number of carbonyl (C=O) groups is 1. The van der Waals surface area contributed by atoms with Crippen molar-refractivity contribution < 1.29 is 18.9 Å². The van der Waals surface area contributed by atoms with Crippen LogP contribution in [-0.2, 0) is 11.3 Å². The third kappa shape index (κ3) is 3.34. The Labute approximate surface area is 140 Å². The molecule has 128 valence electrons. The number of fused-ring (bicyclic) bond motifs is 1. The Hall–Kier alpha value is -3.62. The van der Waals surface area contributed by atoms with Crippen molar-refractivity contribution in [2.75, 3.05) is 12.4 Å². The fraction of sp³-hybridized carbons (Fsp3) is 0.125. The van der Waals surface area contributed by atoms with Crippen LogP contribution in [0.15, 0.2) is 51.7 Å². The Morgan fingerprint density at radius 1 is 1.28 bits per heavy atom. The van der Waals surface area contributed by atoms with Crippen LogP contribution in [0.2, 0.25) is 0 Å². The van der Waals surface area contributed by atoms with Crippen LogP contribution in [-0.4, -0.2) is 22.5 Å². The van der Waals surface area contributed by atoms with Gasteiger partial charge in [-0.2, -0.15) is 0 Å². The van der Waals surface area contributed by atoms with Crippen molar-refractivity contribution in [1.29, 1.82) is 0 Å². The van der Waals surface area contributed by atoms with Crippen LogP contribution in [0.3, 0.4) is 0 Å². The molecular formula is C16H13N3O6. The first-order valence-electron chi connectivity index (χ1n) is 7.19. The molecule has 0 fully saturated rings. The van der Waals surface area contributed by atoms with Gasteiger partial charge in [-0.1, -0.05) is 0 Å². The quantitative estimate of drug-likeness (QED) is 0.560. The molecule has 1 heterocycles. The minimum atomic E-state index is -0.764. The molecule has 9 heteroatoms. The van der Waals surface area contributed by atoms with Crippen LogP contribution in [0, 0.1) is 10.1 Å². The number of nitrogens with one attached hydrogen (secondary N) is 1. The number of nitrogens with zero attached hydrogens (tertiary/aromatic N) is 2. The summed E-state index contributed by atoms with van der Waals surface area (Å²) in [7, 11) is 1.54. The molecular weight excluding hydrogens is 330 g/mol. The highest BCUT2D eigenvalue weighted by molar-refractivity contribution is 5.91. The lowest BCUT2D eigenvalue weighted by Crippen LogP contribution is -2.24. The van der Waals surface area contributed by atoms with Crippen molar-refractivity contribution in [2.45, 2.75) is 6.54 Å². The number of rotatable bonds is 5. The number of nitro benzene ring substituents is 1.